The van der Waals surface area contributed by atoms with Crippen molar-refractivity contribution in [1.29, 1.82) is 0 Å². The van der Waals surface area contributed by atoms with E-state index in [2.05, 4.69) is 10.3 Å². The van der Waals surface area contributed by atoms with Crippen molar-refractivity contribution in [3.8, 4) is 11.5 Å². The van der Waals surface area contributed by atoms with Crippen molar-refractivity contribution in [3.63, 3.8) is 0 Å². The molecule has 0 saturated carbocycles. The Morgan fingerprint density at radius 2 is 1.89 bits per heavy atom. The van der Waals surface area contributed by atoms with Crippen LogP contribution in [-0.2, 0) is 6.54 Å². The summed E-state index contributed by atoms with van der Waals surface area (Å²) >= 11 is 0. The summed E-state index contributed by atoms with van der Waals surface area (Å²) in [7, 11) is 0. The molecule has 0 aliphatic carbocycles. The molecule has 0 radical (unpaired) electrons. The van der Waals surface area contributed by atoms with Crippen LogP contribution in [0.1, 0.15) is 11.1 Å². The van der Waals surface area contributed by atoms with Crippen molar-refractivity contribution in [2.75, 3.05) is 5.32 Å². The largest absolute Gasteiger partial charge is 0.451 e. The number of hydrogen-bond acceptors (Lipinski definition) is 5. The van der Waals surface area contributed by atoms with E-state index in [0.717, 1.165) is 11.8 Å². The second kappa shape index (κ2) is 7.77. The highest BCUT2D eigenvalue weighted by Gasteiger charge is 2.18. The Hall–Kier alpha value is -3.55. The first kappa shape index (κ1) is 18.2. The maximum atomic E-state index is 14.7. The number of halogens is 2. The number of aromatic nitrogens is 1. The molecule has 0 bridgehead atoms. The molecule has 0 amide bonds. The second-order valence-corrected chi connectivity index (χ2v) is 5.75. The van der Waals surface area contributed by atoms with Crippen molar-refractivity contribution in [2.45, 2.75) is 13.5 Å². The molecule has 1 aromatic heterocycles. The maximum absolute atomic E-state index is 14.7. The van der Waals surface area contributed by atoms with Gasteiger partial charge in [0.1, 0.15) is 5.75 Å². The van der Waals surface area contributed by atoms with Gasteiger partial charge in [-0.15, -0.1) is 0 Å². The quantitative estimate of drug-likeness (QED) is 0.488. The molecule has 0 aliphatic heterocycles. The van der Waals surface area contributed by atoms with Gasteiger partial charge in [-0.3, -0.25) is 15.1 Å². The predicted octanol–water partition coefficient (Wildman–Crippen LogP) is 4.98. The lowest BCUT2D eigenvalue weighted by molar-refractivity contribution is -0.385. The Labute approximate surface area is 153 Å². The standard InChI is InChI=1S/C19H15F2N3O3/c1-12-10-15(3-5-17(12)24(25)26)27-19-16(20)4-2-13(18(19)21)11-23-14-6-8-22-9-7-14/h2-10H,11H2,1H3,(H,22,23). The van der Waals surface area contributed by atoms with Crippen LogP contribution in [0.4, 0.5) is 20.2 Å². The average Bonchev–Trinajstić information content (AvgIpc) is 2.65. The number of pyridine rings is 1. The molecule has 0 aliphatic rings. The lowest BCUT2D eigenvalue weighted by Gasteiger charge is -2.12. The number of aryl methyl sites for hydroxylation is 1. The number of nitrogens with one attached hydrogen (secondary N) is 1. The number of hydrogen-bond donors (Lipinski definition) is 1. The smallest absolute Gasteiger partial charge is 0.272 e. The highest BCUT2D eigenvalue weighted by atomic mass is 19.1. The Balaban J connectivity index is 1.83. The molecule has 8 heteroatoms. The molecule has 1 heterocycles. The molecule has 3 aromatic rings. The molecule has 1 N–H and O–H groups in total. The van der Waals surface area contributed by atoms with Gasteiger partial charge in [0, 0.05) is 41.8 Å². The summed E-state index contributed by atoms with van der Waals surface area (Å²) in [6, 6.07) is 9.77. The van der Waals surface area contributed by atoms with Gasteiger partial charge in [-0.05, 0) is 37.3 Å². The lowest BCUT2D eigenvalue weighted by atomic mass is 10.1. The molecular formula is C19H15F2N3O3. The number of benzene rings is 2. The van der Waals surface area contributed by atoms with Crippen LogP contribution in [0.2, 0.25) is 0 Å². The number of nitro groups is 1. The minimum absolute atomic E-state index is 0.0985. The first-order valence-corrected chi connectivity index (χ1v) is 7.99. The van der Waals surface area contributed by atoms with Crippen LogP contribution < -0.4 is 10.1 Å². The Bertz CT molecular complexity index is 981. The van der Waals surface area contributed by atoms with Crippen LogP contribution in [0.5, 0.6) is 11.5 Å². The summed E-state index contributed by atoms with van der Waals surface area (Å²) < 4.78 is 34.1. The molecule has 0 atom stereocenters. The van der Waals surface area contributed by atoms with E-state index < -0.39 is 22.3 Å². The highest BCUT2D eigenvalue weighted by molar-refractivity contribution is 5.47. The third kappa shape index (κ3) is 4.17. The van der Waals surface area contributed by atoms with Gasteiger partial charge in [-0.25, -0.2) is 8.78 Å². The van der Waals surface area contributed by atoms with Gasteiger partial charge in [0.2, 0.25) is 0 Å². The Morgan fingerprint density at radius 1 is 1.15 bits per heavy atom. The second-order valence-electron chi connectivity index (χ2n) is 5.75. The third-order valence-electron chi connectivity index (χ3n) is 3.88. The van der Waals surface area contributed by atoms with E-state index in [9.17, 15) is 18.9 Å². The topological polar surface area (TPSA) is 77.3 Å². The molecule has 6 nitrogen and oxygen atoms in total. The fraction of sp³-hybridized carbons (Fsp3) is 0.105. The van der Waals surface area contributed by atoms with Crippen LogP contribution in [0.15, 0.2) is 54.9 Å². The fourth-order valence-electron chi connectivity index (χ4n) is 2.48. The van der Waals surface area contributed by atoms with Gasteiger partial charge in [-0.2, -0.15) is 0 Å². The number of nitrogens with zero attached hydrogens (tertiary/aromatic N) is 2. The molecular weight excluding hydrogens is 356 g/mol. The van der Waals surface area contributed by atoms with Crippen LogP contribution >= 0.6 is 0 Å². The van der Waals surface area contributed by atoms with Crippen LogP contribution in [0.25, 0.3) is 0 Å². The van der Waals surface area contributed by atoms with Crippen LogP contribution in [-0.4, -0.2) is 9.91 Å². The number of ether oxygens (including phenoxy) is 1. The number of anilines is 1. The maximum Gasteiger partial charge on any atom is 0.272 e. The Morgan fingerprint density at radius 3 is 2.56 bits per heavy atom. The van der Waals surface area contributed by atoms with Crippen molar-refractivity contribution in [3.05, 3.63) is 87.7 Å². The van der Waals surface area contributed by atoms with E-state index in [1.807, 2.05) is 0 Å². The van der Waals surface area contributed by atoms with E-state index in [4.69, 9.17) is 4.74 Å². The zero-order valence-electron chi connectivity index (χ0n) is 14.3. The summed E-state index contributed by atoms with van der Waals surface area (Å²) in [5.74, 6) is -2.16. The van der Waals surface area contributed by atoms with E-state index >= 15 is 0 Å². The summed E-state index contributed by atoms with van der Waals surface area (Å²) in [6.07, 6.45) is 3.18. The summed E-state index contributed by atoms with van der Waals surface area (Å²) in [5.41, 5.74) is 1.18. The molecule has 0 unspecified atom stereocenters. The molecule has 2 aromatic carbocycles. The van der Waals surface area contributed by atoms with E-state index in [0.29, 0.717) is 5.56 Å². The number of nitro benzene ring substituents is 1. The van der Waals surface area contributed by atoms with Crippen molar-refractivity contribution in [2.24, 2.45) is 0 Å². The van der Waals surface area contributed by atoms with Gasteiger partial charge < -0.3 is 10.1 Å². The average molecular weight is 371 g/mol. The highest BCUT2D eigenvalue weighted by Crippen LogP contribution is 2.32. The van der Waals surface area contributed by atoms with Crippen LogP contribution in [0.3, 0.4) is 0 Å². The first-order valence-electron chi connectivity index (χ1n) is 7.99. The molecule has 138 valence electrons. The zero-order valence-corrected chi connectivity index (χ0v) is 14.3. The minimum atomic E-state index is -0.865. The summed E-state index contributed by atoms with van der Waals surface area (Å²) in [5, 5.41) is 13.9. The number of rotatable bonds is 6. The molecule has 3 rings (SSSR count). The van der Waals surface area contributed by atoms with Gasteiger partial charge in [-0.1, -0.05) is 6.07 Å². The molecule has 0 fully saturated rings. The third-order valence-corrected chi connectivity index (χ3v) is 3.88. The van der Waals surface area contributed by atoms with Crippen molar-refractivity contribution < 1.29 is 18.4 Å². The van der Waals surface area contributed by atoms with Gasteiger partial charge in [0.25, 0.3) is 5.69 Å². The first-order chi connectivity index (χ1) is 13.0. The molecule has 0 saturated heterocycles. The van der Waals surface area contributed by atoms with Gasteiger partial charge in [0.05, 0.1) is 4.92 Å². The molecule has 0 spiro atoms. The van der Waals surface area contributed by atoms with Crippen molar-refractivity contribution in [1.82, 2.24) is 4.98 Å². The zero-order chi connectivity index (χ0) is 19.4. The minimum Gasteiger partial charge on any atom is -0.451 e. The monoisotopic (exact) mass is 371 g/mol. The predicted molar refractivity (Wildman–Crippen MR) is 95.8 cm³/mol. The van der Waals surface area contributed by atoms with Gasteiger partial charge >= 0.3 is 0 Å². The normalized spacial score (nSPS) is 10.5. The molecule has 27 heavy (non-hydrogen) atoms. The fourth-order valence-corrected chi connectivity index (χ4v) is 2.48. The van der Waals surface area contributed by atoms with E-state index in [1.165, 1.54) is 31.2 Å². The van der Waals surface area contributed by atoms with E-state index in [1.54, 1.807) is 24.5 Å². The van der Waals surface area contributed by atoms with Crippen molar-refractivity contribution >= 4 is 11.4 Å². The van der Waals surface area contributed by atoms with E-state index in [-0.39, 0.29) is 23.5 Å². The Kier molecular flexibility index (Phi) is 5.25. The lowest BCUT2D eigenvalue weighted by Crippen LogP contribution is -2.04. The summed E-state index contributed by atoms with van der Waals surface area (Å²) in [6.45, 7) is 1.64. The van der Waals surface area contributed by atoms with Gasteiger partial charge in [0.15, 0.2) is 17.4 Å². The van der Waals surface area contributed by atoms with Crippen LogP contribution in [0, 0.1) is 28.7 Å². The summed E-state index contributed by atoms with van der Waals surface area (Å²) in [4.78, 5) is 14.2. The SMILES string of the molecule is Cc1cc(Oc2c(F)ccc(CNc3ccncc3)c2F)ccc1[N+](=O)[O-].